The van der Waals surface area contributed by atoms with E-state index in [1.54, 1.807) is 31.2 Å². The summed E-state index contributed by atoms with van der Waals surface area (Å²) in [5, 5.41) is 3.57. The van der Waals surface area contributed by atoms with Crippen LogP contribution in [-0.4, -0.2) is 24.4 Å². The predicted molar refractivity (Wildman–Crippen MR) is 126 cm³/mol. The van der Waals surface area contributed by atoms with Gasteiger partial charge >= 0.3 is 5.97 Å². The first-order valence-electron chi connectivity index (χ1n) is 9.79. The van der Waals surface area contributed by atoms with Crippen LogP contribution < -0.4 is 15.8 Å². The fourth-order valence-corrected chi connectivity index (χ4v) is 4.34. The van der Waals surface area contributed by atoms with Crippen molar-refractivity contribution < 1.29 is 28.3 Å². The van der Waals surface area contributed by atoms with Gasteiger partial charge in [-0.05, 0) is 49.2 Å². The minimum absolute atomic E-state index is 0.0182. The number of esters is 1. The smallest absolute Gasteiger partial charge is 0.341 e. The average molecular weight is 511 g/mol. The van der Waals surface area contributed by atoms with Crippen molar-refractivity contribution in [3.63, 3.8) is 0 Å². The van der Waals surface area contributed by atoms with E-state index in [9.17, 15) is 14.4 Å². The fraction of sp³-hybridized carbons (Fsp3) is 0.227. The number of primary amides is 1. The van der Waals surface area contributed by atoms with Crippen LogP contribution in [0.2, 0.25) is 10.0 Å². The Morgan fingerprint density at radius 3 is 2.61 bits per heavy atom. The van der Waals surface area contributed by atoms with E-state index in [1.165, 1.54) is 6.07 Å². The summed E-state index contributed by atoms with van der Waals surface area (Å²) in [5.74, 6) is -1.22. The Hall–Kier alpha value is -3.01. The van der Waals surface area contributed by atoms with Gasteiger partial charge in [0.1, 0.15) is 23.1 Å². The number of anilines is 1. The van der Waals surface area contributed by atoms with Gasteiger partial charge in [0.15, 0.2) is 5.76 Å². The van der Waals surface area contributed by atoms with Crippen LogP contribution in [0.4, 0.5) is 5.00 Å². The largest absolute Gasteiger partial charge is 0.484 e. The minimum atomic E-state index is -0.708. The first-order valence-corrected chi connectivity index (χ1v) is 11.4. The van der Waals surface area contributed by atoms with Crippen molar-refractivity contribution in [3.8, 4) is 5.75 Å². The lowest BCUT2D eigenvalue weighted by atomic mass is 10.1. The summed E-state index contributed by atoms with van der Waals surface area (Å²) in [5.41, 5.74) is 5.83. The number of nitrogens with two attached hydrogens (primary N) is 1. The molecule has 3 rings (SSSR count). The van der Waals surface area contributed by atoms with Crippen molar-refractivity contribution in [2.75, 3.05) is 11.9 Å². The van der Waals surface area contributed by atoms with Crippen LogP contribution in [0.15, 0.2) is 34.7 Å². The molecule has 0 radical (unpaired) electrons. The van der Waals surface area contributed by atoms with E-state index in [1.807, 2.05) is 6.92 Å². The van der Waals surface area contributed by atoms with Gasteiger partial charge in [-0.25, -0.2) is 4.79 Å². The number of carbonyl (C=O) groups excluding carboxylic acids is 3. The summed E-state index contributed by atoms with van der Waals surface area (Å²) in [6.07, 6.45) is 0.623. The van der Waals surface area contributed by atoms with Gasteiger partial charge in [-0.3, -0.25) is 9.59 Å². The lowest BCUT2D eigenvalue weighted by Crippen LogP contribution is -2.15. The van der Waals surface area contributed by atoms with Crippen molar-refractivity contribution >= 4 is 57.3 Å². The van der Waals surface area contributed by atoms with Crippen LogP contribution in [0.1, 0.15) is 55.3 Å². The number of furan rings is 1. The molecule has 0 fully saturated rings. The van der Waals surface area contributed by atoms with Gasteiger partial charge in [-0.1, -0.05) is 30.1 Å². The summed E-state index contributed by atoms with van der Waals surface area (Å²) in [6, 6.07) is 7.84. The first-order chi connectivity index (χ1) is 15.7. The van der Waals surface area contributed by atoms with E-state index in [4.69, 9.17) is 42.8 Å². The second kappa shape index (κ2) is 10.7. The second-order valence-electron chi connectivity index (χ2n) is 6.84. The summed E-state index contributed by atoms with van der Waals surface area (Å²) in [4.78, 5) is 37.1. The maximum atomic E-state index is 12.7. The van der Waals surface area contributed by atoms with Gasteiger partial charge in [0, 0.05) is 5.02 Å². The molecule has 0 saturated heterocycles. The molecule has 0 bridgehead atoms. The molecule has 0 saturated carbocycles. The molecule has 3 aromatic rings. The van der Waals surface area contributed by atoms with Gasteiger partial charge < -0.3 is 24.9 Å². The van der Waals surface area contributed by atoms with Crippen molar-refractivity contribution in [1.82, 2.24) is 0 Å². The molecule has 0 aliphatic heterocycles. The molecule has 33 heavy (non-hydrogen) atoms. The van der Waals surface area contributed by atoms with Crippen molar-refractivity contribution in [2.45, 2.75) is 26.9 Å². The topological polar surface area (TPSA) is 121 Å². The highest BCUT2D eigenvalue weighted by Gasteiger charge is 2.26. The fourth-order valence-electron chi connectivity index (χ4n) is 2.83. The highest BCUT2D eigenvalue weighted by molar-refractivity contribution is 7.18. The van der Waals surface area contributed by atoms with Gasteiger partial charge in [-0.2, -0.15) is 0 Å². The lowest BCUT2D eigenvalue weighted by molar-refractivity contribution is 0.0506. The molecule has 2 aromatic heterocycles. The van der Waals surface area contributed by atoms with Crippen molar-refractivity contribution in [2.24, 2.45) is 5.73 Å². The molecular formula is C22H20Cl2N2O6S. The van der Waals surface area contributed by atoms with Crippen LogP contribution in [0.5, 0.6) is 5.75 Å². The molecule has 0 aliphatic rings. The molecule has 0 atom stereocenters. The molecule has 3 N–H and O–H groups in total. The monoisotopic (exact) mass is 510 g/mol. The van der Waals surface area contributed by atoms with Crippen LogP contribution in [0.25, 0.3) is 0 Å². The number of benzene rings is 1. The third-order valence-electron chi connectivity index (χ3n) is 4.39. The maximum Gasteiger partial charge on any atom is 0.341 e. The van der Waals surface area contributed by atoms with Crippen LogP contribution in [-0.2, 0) is 11.3 Å². The SMILES string of the molecule is CCCOC(=O)c1c(NC(=O)c2ccc(COc3ccc(Cl)cc3Cl)o2)sc(C(N)=O)c1C. The predicted octanol–water partition coefficient (Wildman–Crippen LogP) is 5.45. The molecule has 2 amide bonds. The second-order valence-corrected chi connectivity index (χ2v) is 8.71. The van der Waals surface area contributed by atoms with Gasteiger partial charge in [0.25, 0.3) is 11.8 Å². The van der Waals surface area contributed by atoms with Gasteiger partial charge in [0.05, 0.1) is 22.1 Å². The van der Waals surface area contributed by atoms with E-state index in [-0.39, 0.29) is 34.4 Å². The minimum Gasteiger partial charge on any atom is -0.484 e. The third kappa shape index (κ3) is 5.87. The Labute approximate surface area is 203 Å². The van der Waals surface area contributed by atoms with Gasteiger partial charge in [0.2, 0.25) is 0 Å². The molecule has 8 nitrogen and oxygen atoms in total. The Morgan fingerprint density at radius 1 is 1.18 bits per heavy atom. The standard InChI is InChI=1S/C22H20Cl2N2O6S/c1-3-8-30-22(29)17-11(2)18(19(25)27)33-21(17)26-20(28)16-7-5-13(32-16)10-31-15-6-4-12(23)9-14(15)24/h4-7,9H,3,8,10H2,1-2H3,(H2,25,27)(H,26,28). The molecule has 174 valence electrons. The summed E-state index contributed by atoms with van der Waals surface area (Å²) in [7, 11) is 0. The Bertz CT molecular complexity index is 1200. The van der Waals surface area contributed by atoms with Gasteiger partial charge in [-0.15, -0.1) is 11.3 Å². The number of amides is 2. The van der Waals surface area contributed by atoms with E-state index in [2.05, 4.69) is 5.32 Å². The van der Waals surface area contributed by atoms with E-state index >= 15 is 0 Å². The summed E-state index contributed by atoms with van der Waals surface area (Å²) < 4.78 is 16.3. The Morgan fingerprint density at radius 2 is 1.94 bits per heavy atom. The molecule has 2 heterocycles. The number of halogens is 2. The maximum absolute atomic E-state index is 12.7. The number of ether oxygens (including phenoxy) is 2. The van der Waals surface area contributed by atoms with E-state index < -0.39 is 17.8 Å². The summed E-state index contributed by atoms with van der Waals surface area (Å²) in [6.45, 7) is 3.64. The number of thiophene rings is 1. The molecule has 0 spiro atoms. The molecule has 0 unspecified atom stereocenters. The van der Waals surface area contributed by atoms with E-state index in [0.29, 0.717) is 33.5 Å². The molecule has 11 heteroatoms. The zero-order chi connectivity index (χ0) is 24.1. The number of carbonyl (C=O) groups is 3. The quantitative estimate of drug-likeness (QED) is 0.369. The average Bonchev–Trinajstić information content (AvgIpc) is 3.36. The number of hydrogen-bond donors (Lipinski definition) is 2. The zero-order valence-electron chi connectivity index (χ0n) is 17.7. The lowest BCUT2D eigenvalue weighted by Gasteiger charge is -2.07. The van der Waals surface area contributed by atoms with Crippen LogP contribution in [0, 0.1) is 6.92 Å². The number of nitrogens with one attached hydrogen (secondary N) is 1. The zero-order valence-corrected chi connectivity index (χ0v) is 20.0. The molecule has 0 aliphatic carbocycles. The van der Waals surface area contributed by atoms with Crippen LogP contribution >= 0.6 is 34.5 Å². The number of hydrogen-bond acceptors (Lipinski definition) is 7. The molecular weight excluding hydrogens is 491 g/mol. The normalized spacial score (nSPS) is 10.7. The Kier molecular flexibility index (Phi) is 8.01. The molecule has 1 aromatic carbocycles. The van der Waals surface area contributed by atoms with Crippen LogP contribution in [0.3, 0.4) is 0 Å². The van der Waals surface area contributed by atoms with E-state index in [0.717, 1.165) is 11.3 Å². The third-order valence-corrected chi connectivity index (χ3v) is 6.14. The van der Waals surface area contributed by atoms with Crippen molar-refractivity contribution in [3.05, 3.63) is 67.9 Å². The summed E-state index contributed by atoms with van der Waals surface area (Å²) >= 11 is 12.8. The Balaban J connectivity index is 1.75. The first kappa shape index (κ1) is 24.6. The highest BCUT2D eigenvalue weighted by atomic mass is 35.5. The van der Waals surface area contributed by atoms with Crippen molar-refractivity contribution in [1.29, 1.82) is 0 Å². The number of rotatable bonds is 9. The highest BCUT2D eigenvalue weighted by Crippen LogP contribution is 2.34.